The second-order valence-corrected chi connectivity index (χ2v) is 5.02. The van der Waals surface area contributed by atoms with E-state index in [4.69, 9.17) is 5.73 Å². The Balaban J connectivity index is 1.99. The Bertz CT molecular complexity index is 437. The van der Waals surface area contributed by atoms with E-state index in [9.17, 15) is 4.79 Å². The average Bonchev–Trinajstić information content (AvgIpc) is 2.30. The molecule has 1 aromatic carbocycles. The normalized spacial score (nSPS) is 16.9. The number of aryl methyl sites for hydroxylation is 2. The van der Waals surface area contributed by atoms with Gasteiger partial charge in [-0.3, -0.25) is 9.69 Å². The van der Waals surface area contributed by atoms with Gasteiger partial charge in [-0.2, -0.15) is 0 Å². The highest BCUT2D eigenvalue weighted by atomic mass is 16.1. The molecular weight excluding hydrogens is 226 g/mol. The zero-order valence-corrected chi connectivity index (χ0v) is 11.1. The largest absolute Gasteiger partial charge is 0.369 e. The van der Waals surface area contributed by atoms with Gasteiger partial charge < -0.3 is 10.6 Å². The van der Waals surface area contributed by atoms with Crippen molar-refractivity contribution < 1.29 is 4.79 Å². The van der Waals surface area contributed by atoms with Crippen LogP contribution in [0.4, 0.5) is 5.69 Å². The molecule has 1 saturated heterocycles. The number of nitrogens with two attached hydrogens (primary N) is 1. The molecule has 0 radical (unpaired) electrons. The summed E-state index contributed by atoms with van der Waals surface area (Å²) in [5.41, 5.74) is 9.13. The van der Waals surface area contributed by atoms with Crippen molar-refractivity contribution in [2.24, 2.45) is 5.73 Å². The van der Waals surface area contributed by atoms with Crippen LogP contribution in [0, 0.1) is 13.8 Å². The van der Waals surface area contributed by atoms with E-state index in [1.807, 2.05) is 0 Å². The predicted octanol–water partition coefficient (Wildman–Crippen LogP) is 0.911. The topological polar surface area (TPSA) is 49.6 Å². The van der Waals surface area contributed by atoms with Crippen LogP contribution in [-0.4, -0.2) is 43.5 Å². The van der Waals surface area contributed by atoms with Crippen molar-refractivity contribution >= 4 is 11.6 Å². The van der Waals surface area contributed by atoms with Gasteiger partial charge >= 0.3 is 0 Å². The molecule has 0 aliphatic carbocycles. The van der Waals surface area contributed by atoms with Gasteiger partial charge in [0.15, 0.2) is 0 Å². The van der Waals surface area contributed by atoms with Gasteiger partial charge in [-0.15, -0.1) is 0 Å². The molecule has 0 unspecified atom stereocenters. The molecule has 0 saturated carbocycles. The molecule has 2 N–H and O–H groups in total. The lowest BCUT2D eigenvalue weighted by molar-refractivity contribution is -0.119. The molecule has 1 aliphatic rings. The maximum Gasteiger partial charge on any atom is 0.231 e. The fourth-order valence-corrected chi connectivity index (χ4v) is 2.53. The van der Waals surface area contributed by atoms with Crippen LogP contribution in [0.15, 0.2) is 18.2 Å². The molecule has 1 heterocycles. The smallest absolute Gasteiger partial charge is 0.231 e. The zero-order chi connectivity index (χ0) is 13.1. The summed E-state index contributed by atoms with van der Waals surface area (Å²) in [6.45, 7) is 8.35. The highest BCUT2D eigenvalue weighted by molar-refractivity contribution is 5.76. The molecule has 18 heavy (non-hydrogen) atoms. The number of hydrogen-bond donors (Lipinski definition) is 1. The maximum atomic E-state index is 10.9. The molecular formula is C14H21N3O. The Morgan fingerprint density at radius 3 is 2.44 bits per heavy atom. The monoisotopic (exact) mass is 247 g/mol. The number of carbonyl (C=O) groups excluding carboxylic acids is 1. The molecule has 1 aliphatic heterocycles. The molecule has 2 rings (SSSR count). The van der Waals surface area contributed by atoms with E-state index in [1.165, 1.54) is 16.8 Å². The molecule has 4 heteroatoms. The van der Waals surface area contributed by atoms with Crippen LogP contribution in [0.2, 0.25) is 0 Å². The summed E-state index contributed by atoms with van der Waals surface area (Å²) in [7, 11) is 0. The number of nitrogens with zero attached hydrogens (tertiary/aromatic N) is 2. The minimum Gasteiger partial charge on any atom is -0.369 e. The molecule has 1 fully saturated rings. The number of amides is 1. The number of piperazine rings is 1. The SMILES string of the molecule is Cc1ccc(N2CCN(CC(N)=O)CC2)c(C)c1. The predicted molar refractivity (Wildman–Crippen MR) is 73.8 cm³/mol. The molecule has 0 bridgehead atoms. The Morgan fingerprint density at radius 1 is 1.22 bits per heavy atom. The standard InChI is InChI=1S/C14H21N3O/c1-11-3-4-13(12(2)9-11)17-7-5-16(6-8-17)10-14(15)18/h3-4,9H,5-8,10H2,1-2H3,(H2,15,18). The van der Waals surface area contributed by atoms with Crippen molar-refractivity contribution in [2.45, 2.75) is 13.8 Å². The minimum atomic E-state index is -0.241. The summed E-state index contributed by atoms with van der Waals surface area (Å²) < 4.78 is 0. The lowest BCUT2D eigenvalue weighted by Crippen LogP contribution is -2.49. The third-order valence-electron chi connectivity index (χ3n) is 3.44. The van der Waals surface area contributed by atoms with E-state index in [1.54, 1.807) is 0 Å². The highest BCUT2D eigenvalue weighted by Crippen LogP contribution is 2.22. The number of carbonyl (C=O) groups is 1. The molecule has 1 amide bonds. The fourth-order valence-electron chi connectivity index (χ4n) is 2.53. The van der Waals surface area contributed by atoms with Gasteiger partial charge in [0.25, 0.3) is 0 Å². The molecule has 0 atom stereocenters. The first-order valence-electron chi connectivity index (χ1n) is 6.39. The summed E-state index contributed by atoms with van der Waals surface area (Å²) in [6, 6.07) is 6.55. The van der Waals surface area contributed by atoms with E-state index in [2.05, 4.69) is 41.8 Å². The lowest BCUT2D eigenvalue weighted by Gasteiger charge is -2.36. The molecule has 98 valence electrons. The molecule has 0 aromatic heterocycles. The molecule has 0 spiro atoms. The first kappa shape index (κ1) is 12.9. The van der Waals surface area contributed by atoms with Crippen LogP contribution in [0.3, 0.4) is 0 Å². The van der Waals surface area contributed by atoms with Crippen LogP contribution in [0.5, 0.6) is 0 Å². The minimum absolute atomic E-state index is 0.241. The summed E-state index contributed by atoms with van der Waals surface area (Å²) in [4.78, 5) is 15.4. The van der Waals surface area contributed by atoms with E-state index in [0.29, 0.717) is 6.54 Å². The average molecular weight is 247 g/mol. The summed E-state index contributed by atoms with van der Waals surface area (Å²) in [5.74, 6) is -0.241. The van der Waals surface area contributed by atoms with Crippen molar-refractivity contribution in [3.8, 4) is 0 Å². The third-order valence-corrected chi connectivity index (χ3v) is 3.44. The van der Waals surface area contributed by atoms with Crippen LogP contribution in [-0.2, 0) is 4.79 Å². The summed E-state index contributed by atoms with van der Waals surface area (Å²) in [5, 5.41) is 0. The lowest BCUT2D eigenvalue weighted by atomic mass is 10.1. The van der Waals surface area contributed by atoms with E-state index in [-0.39, 0.29) is 5.91 Å². The Hall–Kier alpha value is -1.55. The van der Waals surface area contributed by atoms with Crippen LogP contribution >= 0.6 is 0 Å². The first-order valence-corrected chi connectivity index (χ1v) is 6.39. The van der Waals surface area contributed by atoms with E-state index in [0.717, 1.165) is 26.2 Å². The highest BCUT2D eigenvalue weighted by Gasteiger charge is 2.19. The van der Waals surface area contributed by atoms with E-state index >= 15 is 0 Å². The van der Waals surface area contributed by atoms with Crippen molar-refractivity contribution in [3.63, 3.8) is 0 Å². The van der Waals surface area contributed by atoms with Crippen molar-refractivity contribution in [1.29, 1.82) is 0 Å². The second-order valence-electron chi connectivity index (χ2n) is 5.02. The van der Waals surface area contributed by atoms with Gasteiger partial charge in [-0.1, -0.05) is 17.7 Å². The Morgan fingerprint density at radius 2 is 1.89 bits per heavy atom. The van der Waals surface area contributed by atoms with Crippen LogP contribution < -0.4 is 10.6 Å². The van der Waals surface area contributed by atoms with Gasteiger partial charge in [0, 0.05) is 31.9 Å². The summed E-state index contributed by atoms with van der Waals surface area (Å²) >= 11 is 0. The maximum absolute atomic E-state index is 10.9. The number of hydrogen-bond acceptors (Lipinski definition) is 3. The summed E-state index contributed by atoms with van der Waals surface area (Å²) in [6.07, 6.45) is 0. The Labute approximate surface area is 108 Å². The van der Waals surface area contributed by atoms with Crippen LogP contribution in [0.25, 0.3) is 0 Å². The number of primary amides is 1. The van der Waals surface area contributed by atoms with Gasteiger partial charge in [0.2, 0.25) is 5.91 Å². The van der Waals surface area contributed by atoms with Gasteiger partial charge in [-0.25, -0.2) is 0 Å². The first-order chi connectivity index (χ1) is 8.56. The molecule has 1 aromatic rings. The van der Waals surface area contributed by atoms with Crippen molar-refractivity contribution in [3.05, 3.63) is 29.3 Å². The third kappa shape index (κ3) is 3.01. The van der Waals surface area contributed by atoms with Crippen molar-refractivity contribution in [2.75, 3.05) is 37.6 Å². The quantitative estimate of drug-likeness (QED) is 0.864. The van der Waals surface area contributed by atoms with Crippen LogP contribution in [0.1, 0.15) is 11.1 Å². The van der Waals surface area contributed by atoms with Gasteiger partial charge in [0.05, 0.1) is 6.54 Å². The zero-order valence-electron chi connectivity index (χ0n) is 11.1. The van der Waals surface area contributed by atoms with Crippen molar-refractivity contribution in [1.82, 2.24) is 4.90 Å². The van der Waals surface area contributed by atoms with E-state index < -0.39 is 0 Å². The number of benzene rings is 1. The second kappa shape index (κ2) is 5.40. The number of anilines is 1. The van der Waals surface area contributed by atoms with Gasteiger partial charge in [0.1, 0.15) is 0 Å². The fraction of sp³-hybridized carbons (Fsp3) is 0.500. The number of rotatable bonds is 3. The molecule has 4 nitrogen and oxygen atoms in total. The van der Waals surface area contributed by atoms with Gasteiger partial charge in [-0.05, 0) is 25.5 Å². The Kier molecular flexibility index (Phi) is 3.87.